The zero-order valence-corrected chi connectivity index (χ0v) is 15.6. The lowest BCUT2D eigenvalue weighted by molar-refractivity contribution is 0.151. The first-order valence-corrected chi connectivity index (χ1v) is 9.77. The molecule has 0 bridgehead atoms. The lowest BCUT2D eigenvalue weighted by Gasteiger charge is -2.32. The van der Waals surface area contributed by atoms with Crippen LogP contribution in [0.2, 0.25) is 0 Å². The van der Waals surface area contributed by atoms with Crippen LogP contribution in [0.1, 0.15) is 63.0 Å². The van der Waals surface area contributed by atoms with Gasteiger partial charge >= 0.3 is 0 Å². The van der Waals surface area contributed by atoms with Gasteiger partial charge in [0.2, 0.25) is 0 Å². The molecule has 0 aliphatic carbocycles. The topological polar surface area (TPSA) is 49.5 Å². The number of hydrogen-bond donors (Lipinski definition) is 2. The number of nitrogens with two attached hydrogens (primary N) is 1. The molecule has 0 radical (unpaired) electrons. The molecule has 24 heavy (non-hydrogen) atoms. The molecule has 1 fully saturated rings. The average molecular weight is 333 g/mol. The van der Waals surface area contributed by atoms with Crippen molar-refractivity contribution < 1.29 is 5.11 Å². The Labute approximate surface area is 148 Å². The fourth-order valence-corrected chi connectivity index (χ4v) is 3.86. The summed E-state index contributed by atoms with van der Waals surface area (Å²) >= 11 is 0. The molecule has 2 unspecified atom stereocenters. The van der Waals surface area contributed by atoms with Crippen molar-refractivity contribution >= 4 is 0 Å². The van der Waals surface area contributed by atoms with Crippen LogP contribution in [-0.4, -0.2) is 41.8 Å². The summed E-state index contributed by atoms with van der Waals surface area (Å²) in [6.07, 6.45) is 11.1. The van der Waals surface area contributed by atoms with Gasteiger partial charge in [0.15, 0.2) is 0 Å². The Bertz CT molecular complexity index is 473. The van der Waals surface area contributed by atoms with Gasteiger partial charge in [-0.25, -0.2) is 0 Å². The zero-order valence-electron chi connectivity index (χ0n) is 15.6. The van der Waals surface area contributed by atoms with Gasteiger partial charge in [-0.1, -0.05) is 63.3 Å². The van der Waals surface area contributed by atoms with Crippen molar-refractivity contribution in [2.75, 3.05) is 20.2 Å². The van der Waals surface area contributed by atoms with Gasteiger partial charge in [-0.2, -0.15) is 0 Å². The van der Waals surface area contributed by atoms with Crippen LogP contribution < -0.4 is 5.73 Å². The largest absolute Gasteiger partial charge is 0.394 e. The minimum absolute atomic E-state index is 0.0676. The average Bonchev–Trinajstić information content (AvgIpc) is 2.88. The Morgan fingerprint density at radius 1 is 1.08 bits per heavy atom. The van der Waals surface area contributed by atoms with Gasteiger partial charge in [0.05, 0.1) is 12.1 Å². The third-order valence-corrected chi connectivity index (χ3v) is 5.69. The van der Waals surface area contributed by atoms with E-state index in [1.807, 2.05) is 0 Å². The number of hydrogen-bond acceptors (Lipinski definition) is 3. The van der Waals surface area contributed by atoms with Crippen molar-refractivity contribution in [2.24, 2.45) is 5.73 Å². The minimum atomic E-state index is -0.452. The maximum Gasteiger partial charge on any atom is 0.0627 e. The maximum atomic E-state index is 9.66. The first-order valence-electron chi connectivity index (χ1n) is 9.77. The standard InChI is InChI=1S/C21H36N2O/c1-3-4-5-6-7-8-9-18-10-12-19(13-11-18)16-20-21(22,17-24)14-15-23(20)2/h10-13,20,24H,3-9,14-17,22H2,1-2H3. The van der Waals surface area contributed by atoms with Gasteiger partial charge < -0.3 is 15.7 Å². The molecule has 1 heterocycles. The third-order valence-electron chi connectivity index (χ3n) is 5.69. The molecule has 1 saturated heterocycles. The van der Waals surface area contributed by atoms with Crippen LogP contribution in [0, 0.1) is 0 Å². The van der Waals surface area contributed by atoms with E-state index in [-0.39, 0.29) is 12.6 Å². The molecular formula is C21H36N2O. The summed E-state index contributed by atoms with van der Waals surface area (Å²) in [4.78, 5) is 2.29. The van der Waals surface area contributed by atoms with E-state index in [2.05, 4.69) is 43.1 Å². The molecule has 2 rings (SSSR count). The molecule has 3 nitrogen and oxygen atoms in total. The summed E-state index contributed by atoms with van der Waals surface area (Å²) in [6.45, 7) is 3.30. The third kappa shape index (κ3) is 5.30. The number of aryl methyl sites for hydroxylation is 1. The molecule has 1 aromatic rings. The van der Waals surface area contributed by atoms with Crippen LogP contribution in [0.25, 0.3) is 0 Å². The van der Waals surface area contributed by atoms with E-state index in [0.717, 1.165) is 19.4 Å². The number of benzene rings is 1. The summed E-state index contributed by atoms with van der Waals surface area (Å²) in [5, 5.41) is 9.66. The van der Waals surface area contributed by atoms with Gasteiger partial charge in [-0.15, -0.1) is 0 Å². The molecule has 2 atom stereocenters. The van der Waals surface area contributed by atoms with E-state index in [0.29, 0.717) is 0 Å². The monoisotopic (exact) mass is 332 g/mol. The first-order chi connectivity index (χ1) is 11.6. The molecule has 0 aromatic heterocycles. The second-order valence-electron chi connectivity index (χ2n) is 7.68. The number of aliphatic hydroxyl groups is 1. The Kier molecular flexibility index (Phi) is 7.73. The number of aliphatic hydroxyl groups excluding tert-OH is 1. The molecule has 136 valence electrons. The van der Waals surface area contributed by atoms with E-state index in [1.54, 1.807) is 0 Å². The van der Waals surface area contributed by atoms with E-state index in [9.17, 15) is 5.11 Å². The van der Waals surface area contributed by atoms with Crippen molar-refractivity contribution in [1.82, 2.24) is 4.90 Å². The second kappa shape index (κ2) is 9.55. The van der Waals surface area contributed by atoms with Crippen molar-refractivity contribution in [3.63, 3.8) is 0 Å². The Hall–Kier alpha value is -0.900. The minimum Gasteiger partial charge on any atom is -0.394 e. The van der Waals surface area contributed by atoms with E-state index in [1.165, 1.54) is 56.1 Å². The molecule has 1 aliphatic heterocycles. The van der Waals surface area contributed by atoms with E-state index >= 15 is 0 Å². The molecular weight excluding hydrogens is 296 g/mol. The van der Waals surface area contributed by atoms with Gasteiger partial charge in [0, 0.05) is 12.6 Å². The number of likely N-dealkylation sites (N-methyl/N-ethyl adjacent to an activating group) is 1. The fraction of sp³-hybridized carbons (Fsp3) is 0.714. The molecule has 0 spiro atoms. The van der Waals surface area contributed by atoms with E-state index < -0.39 is 5.54 Å². The lowest BCUT2D eigenvalue weighted by Crippen LogP contribution is -2.54. The normalized spacial score (nSPS) is 24.6. The molecule has 1 aromatic carbocycles. The van der Waals surface area contributed by atoms with Crippen LogP contribution in [0.15, 0.2) is 24.3 Å². The highest BCUT2D eigenvalue weighted by Crippen LogP contribution is 2.27. The first kappa shape index (κ1) is 19.4. The van der Waals surface area contributed by atoms with Crippen LogP contribution in [0.3, 0.4) is 0 Å². The highest BCUT2D eigenvalue weighted by Gasteiger charge is 2.42. The summed E-state index contributed by atoms with van der Waals surface area (Å²) in [6, 6.07) is 9.26. The van der Waals surface area contributed by atoms with Gasteiger partial charge in [-0.3, -0.25) is 0 Å². The van der Waals surface area contributed by atoms with Crippen molar-refractivity contribution in [2.45, 2.75) is 76.3 Å². The number of unbranched alkanes of at least 4 members (excludes halogenated alkanes) is 5. The van der Waals surface area contributed by atoms with Gasteiger partial charge in [0.1, 0.15) is 0 Å². The summed E-state index contributed by atoms with van der Waals surface area (Å²) in [5.74, 6) is 0. The lowest BCUT2D eigenvalue weighted by atomic mass is 9.87. The SMILES string of the molecule is CCCCCCCCc1ccc(CC2N(C)CCC2(N)CO)cc1. The Balaban J connectivity index is 1.79. The molecule has 3 N–H and O–H groups in total. The van der Waals surface area contributed by atoms with Gasteiger partial charge in [-0.05, 0) is 43.9 Å². The van der Waals surface area contributed by atoms with Crippen LogP contribution in [0.5, 0.6) is 0 Å². The Morgan fingerprint density at radius 3 is 2.38 bits per heavy atom. The predicted molar refractivity (Wildman–Crippen MR) is 102 cm³/mol. The zero-order chi connectivity index (χ0) is 17.4. The number of nitrogens with zero attached hydrogens (tertiary/aromatic N) is 1. The van der Waals surface area contributed by atoms with Crippen molar-refractivity contribution in [3.05, 3.63) is 35.4 Å². The smallest absolute Gasteiger partial charge is 0.0627 e. The maximum absolute atomic E-state index is 9.66. The predicted octanol–water partition coefficient (Wildman–Crippen LogP) is 3.53. The second-order valence-corrected chi connectivity index (χ2v) is 7.68. The van der Waals surface area contributed by atoms with Crippen LogP contribution >= 0.6 is 0 Å². The van der Waals surface area contributed by atoms with Crippen LogP contribution in [-0.2, 0) is 12.8 Å². The molecule has 1 aliphatic rings. The quantitative estimate of drug-likeness (QED) is 0.645. The molecule has 0 saturated carbocycles. The molecule has 0 amide bonds. The Morgan fingerprint density at radius 2 is 1.71 bits per heavy atom. The highest BCUT2D eigenvalue weighted by atomic mass is 16.3. The number of rotatable bonds is 10. The summed E-state index contributed by atoms with van der Waals surface area (Å²) in [5.41, 5.74) is 8.71. The molecule has 3 heteroatoms. The van der Waals surface area contributed by atoms with Crippen LogP contribution in [0.4, 0.5) is 0 Å². The van der Waals surface area contributed by atoms with Crippen molar-refractivity contribution in [1.29, 1.82) is 0 Å². The number of likely N-dealkylation sites (tertiary alicyclic amines) is 1. The summed E-state index contributed by atoms with van der Waals surface area (Å²) in [7, 11) is 2.11. The van der Waals surface area contributed by atoms with E-state index in [4.69, 9.17) is 5.73 Å². The highest BCUT2D eigenvalue weighted by molar-refractivity contribution is 5.24. The van der Waals surface area contributed by atoms with Gasteiger partial charge in [0.25, 0.3) is 0 Å². The fourth-order valence-electron chi connectivity index (χ4n) is 3.86. The van der Waals surface area contributed by atoms with Crippen molar-refractivity contribution in [3.8, 4) is 0 Å². The summed E-state index contributed by atoms with van der Waals surface area (Å²) < 4.78 is 0.